The van der Waals surface area contributed by atoms with Crippen LogP contribution >= 0.6 is 11.3 Å². The predicted octanol–water partition coefficient (Wildman–Crippen LogP) is 2.24. The summed E-state index contributed by atoms with van der Waals surface area (Å²) >= 11 is 1.40. The lowest BCUT2D eigenvalue weighted by molar-refractivity contribution is 0.358. The summed E-state index contributed by atoms with van der Waals surface area (Å²) in [6.45, 7) is 6.46. The molecule has 3 heterocycles. The highest BCUT2D eigenvalue weighted by Crippen LogP contribution is 2.24. The van der Waals surface area contributed by atoms with Crippen LogP contribution in [0.3, 0.4) is 0 Å². The molecular weight excluding hydrogens is 258 g/mol. The van der Waals surface area contributed by atoms with Gasteiger partial charge in [-0.1, -0.05) is 37.3 Å². The van der Waals surface area contributed by atoms with Crippen LogP contribution in [-0.4, -0.2) is 32.6 Å². The smallest absolute Gasteiger partial charge is 0.214 e. The van der Waals surface area contributed by atoms with E-state index < -0.39 is 0 Å². The van der Waals surface area contributed by atoms with Crippen molar-refractivity contribution in [1.82, 2.24) is 19.5 Å². The Kier molecular flexibility index (Phi) is 3.02. The van der Waals surface area contributed by atoms with E-state index in [1.807, 2.05) is 10.7 Å². The summed E-state index contributed by atoms with van der Waals surface area (Å²) in [6, 6.07) is 0. The van der Waals surface area contributed by atoms with Gasteiger partial charge in [-0.05, 0) is 5.92 Å². The molecule has 0 unspecified atom stereocenters. The van der Waals surface area contributed by atoms with Crippen molar-refractivity contribution in [1.29, 1.82) is 0 Å². The van der Waals surface area contributed by atoms with Crippen molar-refractivity contribution in [2.75, 3.05) is 18.8 Å². The number of hydrogen-bond donors (Lipinski definition) is 1. The molecule has 0 saturated carbocycles. The zero-order valence-corrected chi connectivity index (χ0v) is 11.9. The highest BCUT2D eigenvalue weighted by molar-refractivity contribution is 7.20. The molecule has 6 heteroatoms. The second-order valence-electron chi connectivity index (χ2n) is 5.11. The molecular formula is C13H17N5S. The van der Waals surface area contributed by atoms with E-state index >= 15 is 0 Å². The van der Waals surface area contributed by atoms with Crippen LogP contribution in [0.5, 0.6) is 0 Å². The molecule has 0 amide bonds. The van der Waals surface area contributed by atoms with Crippen molar-refractivity contribution in [2.45, 2.75) is 13.8 Å². The summed E-state index contributed by atoms with van der Waals surface area (Å²) in [5.74, 6) is 0.643. The van der Waals surface area contributed by atoms with Crippen molar-refractivity contribution < 1.29 is 0 Å². The van der Waals surface area contributed by atoms with Gasteiger partial charge in [-0.2, -0.15) is 0 Å². The second kappa shape index (κ2) is 4.70. The number of nitrogens with zero attached hydrogens (tertiary/aromatic N) is 4. The Bertz CT molecular complexity index is 649. The number of allylic oxidation sites excluding steroid dienone is 2. The van der Waals surface area contributed by atoms with E-state index in [1.165, 1.54) is 11.3 Å². The molecule has 0 atom stereocenters. The van der Waals surface area contributed by atoms with Crippen LogP contribution in [0.15, 0.2) is 24.5 Å². The molecule has 0 aliphatic carbocycles. The van der Waals surface area contributed by atoms with Crippen molar-refractivity contribution >= 4 is 27.0 Å². The Hall–Kier alpha value is -1.82. The third-order valence-electron chi connectivity index (χ3n) is 2.96. The van der Waals surface area contributed by atoms with E-state index in [0.717, 1.165) is 29.3 Å². The van der Waals surface area contributed by atoms with Gasteiger partial charge in [0.1, 0.15) is 0 Å². The normalized spacial score (nSPS) is 15.5. The van der Waals surface area contributed by atoms with E-state index in [4.69, 9.17) is 5.73 Å². The average Bonchev–Trinajstić information content (AvgIpc) is 2.87. The van der Waals surface area contributed by atoms with Gasteiger partial charge >= 0.3 is 0 Å². The number of fused-ring (bicyclic) bond motifs is 1. The quantitative estimate of drug-likeness (QED) is 0.933. The van der Waals surface area contributed by atoms with Crippen molar-refractivity contribution in [2.24, 2.45) is 5.92 Å². The van der Waals surface area contributed by atoms with E-state index in [9.17, 15) is 0 Å². The summed E-state index contributed by atoms with van der Waals surface area (Å²) < 4.78 is 1.81. The van der Waals surface area contributed by atoms with Gasteiger partial charge in [0.2, 0.25) is 10.1 Å². The summed E-state index contributed by atoms with van der Waals surface area (Å²) in [7, 11) is 0. The number of imidazole rings is 1. The highest BCUT2D eigenvalue weighted by atomic mass is 32.1. The Balaban J connectivity index is 1.96. The van der Waals surface area contributed by atoms with Gasteiger partial charge in [0, 0.05) is 24.9 Å². The van der Waals surface area contributed by atoms with E-state index in [1.54, 1.807) is 0 Å². The third-order valence-corrected chi connectivity index (χ3v) is 3.71. The lowest BCUT2D eigenvalue weighted by Gasteiger charge is -2.24. The molecule has 0 radical (unpaired) electrons. The van der Waals surface area contributed by atoms with Gasteiger partial charge in [-0.15, -0.1) is 5.10 Å². The minimum Gasteiger partial charge on any atom is -0.374 e. The van der Waals surface area contributed by atoms with Gasteiger partial charge in [0.15, 0.2) is 0 Å². The van der Waals surface area contributed by atoms with Gasteiger partial charge in [-0.25, -0.2) is 9.50 Å². The van der Waals surface area contributed by atoms with Crippen molar-refractivity contribution in [3.8, 4) is 0 Å². The maximum absolute atomic E-state index is 5.73. The van der Waals surface area contributed by atoms with Gasteiger partial charge in [0.25, 0.3) is 0 Å². The summed E-state index contributed by atoms with van der Waals surface area (Å²) in [4.78, 5) is 7.50. The van der Waals surface area contributed by atoms with Crippen LogP contribution in [0, 0.1) is 5.92 Å². The molecule has 1 aliphatic heterocycles. The first-order valence-corrected chi connectivity index (χ1v) is 7.18. The van der Waals surface area contributed by atoms with Gasteiger partial charge in [-0.3, -0.25) is 0 Å². The summed E-state index contributed by atoms with van der Waals surface area (Å²) in [5.41, 5.74) is 7.85. The molecule has 2 aromatic heterocycles. The maximum atomic E-state index is 5.73. The average molecular weight is 275 g/mol. The van der Waals surface area contributed by atoms with Gasteiger partial charge in [0.05, 0.1) is 11.9 Å². The fourth-order valence-electron chi connectivity index (χ4n) is 2.26. The maximum Gasteiger partial charge on any atom is 0.214 e. The molecule has 100 valence electrons. The molecule has 5 nitrogen and oxygen atoms in total. The lowest BCUT2D eigenvalue weighted by Crippen LogP contribution is -2.24. The van der Waals surface area contributed by atoms with E-state index in [0.29, 0.717) is 11.0 Å². The molecule has 1 aliphatic rings. The van der Waals surface area contributed by atoms with E-state index in [2.05, 4.69) is 47.2 Å². The Morgan fingerprint density at radius 3 is 3.11 bits per heavy atom. The van der Waals surface area contributed by atoms with Crippen LogP contribution in [0.1, 0.15) is 19.5 Å². The topological polar surface area (TPSA) is 59.5 Å². The molecule has 2 N–H and O–H groups in total. The first kappa shape index (κ1) is 12.2. The highest BCUT2D eigenvalue weighted by Gasteiger charge is 2.14. The minimum absolute atomic E-state index is 0.545. The number of nitrogen functional groups attached to an aromatic ring is 1. The van der Waals surface area contributed by atoms with Crippen molar-refractivity contribution in [3.05, 3.63) is 30.2 Å². The predicted molar refractivity (Wildman–Crippen MR) is 78.8 cm³/mol. The number of aromatic nitrogens is 3. The molecule has 0 saturated heterocycles. The standard InChI is InChI=1S/C13H17N5S/c1-9(2)7-17-5-3-4-10(8-17)11-6-15-13-18(11)16-12(14)19-13/h3-4,6,8-9H,5,7H2,1-2H3,(H2,14,16). The number of hydrogen-bond acceptors (Lipinski definition) is 5. The second-order valence-corrected chi connectivity index (χ2v) is 6.10. The molecule has 0 spiro atoms. The van der Waals surface area contributed by atoms with Crippen LogP contribution in [0.4, 0.5) is 5.13 Å². The largest absolute Gasteiger partial charge is 0.374 e. The van der Waals surface area contributed by atoms with Crippen molar-refractivity contribution in [3.63, 3.8) is 0 Å². The minimum atomic E-state index is 0.545. The molecule has 3 rings (SSSR count). The fraction of sp³-hybridized carbons (Fsp3) is 0.385. The Labute approximate surface area is 116 Å². The molecule has 19 heavy (non-hydrogen) atoms. The van der Waals surface area contributed by atoms with Crippen LogP contribution in [0.2, 0.25) is 0 Å². The number of nitrogens with two attached hydrogens (primary N) is 1. The SMILES string of the molecule is CC(C)CN1C=C(c2cnc3sc(N)nn23)C=CC1. The molecule has 0 bridgehead atoms. The Morgan fingerprint density at radius 2 is 2.32 bits per heavy atom. The van der Waals surface area contributed by atoms with E-state index in [-0.39, 0.29) is 0 Å². The summed E-state index contributed by atoms with van der Waals surface area (Å²) in [5, 5.41) is 4.84. The first-order valence-electron chi connectivity index (χ1n) is 6.36. The van der Waals surface area contributed by atoms with Crippen LogP contribution in [-0.2, 0) is 0 Å². The molecule has 0 aromatic carbocycles. The van der Waals surface area contributed by atoms with Crippen LogP contribution in [0.25, 0.3) is 10.5 Å². The Morgan fingerprint density at radius 1 is 1.47 bits per heavy atom. The van der Waals surface area contributed by atoms with Crippen LogP contribution < -0.4 is 5.73 Å². The number of rotatable bonds is 3. The summed E-state index contributed by atoms with van der Waals surface area (Å²) in [6.07, 6.45) is 8.33. The zero-order valence-electron chi connectivity index (χ0n) is 11.1. The zero-order chi connectivity index (χ0) is 13.4. The fourth-order valence-corrected chi connectivity index (χ4v) is 2.90. The lowest BCUT2D eigenvalue weighted by atomic mass is 10.1. The molecule has 0 fully saturated rings. The monoisotopic (exact) mass is 275 g/mol. The van der Waals surface area contributed by atoms with Gasteiger partial charge < -0.3 is 10.6 Å². The molecule has 2 aromatic rings. The third kappa shape index (κ3) is 2.35. The number of anilines is 1. The first-order chi connectivity index (χ1) is 9.13.